The van der Waals surface area contributed by atoms with E-state index in [0.717, 1.165) is 0 Å². The smallest absolute Gasteiger partial charge is 0 e. The maximum atomic E-state index is 9.58. The molecule has 229 valence electrons. The summed E-state index contributed by atoms with van der Waals surface area (Å²) in [6.45, 7) is 8.00. The molecule has 0 atom stereocenters. The van der Waals surface area contributed by atoms with E-state index in [1.165, 1.54) is 39.1 Å². The summed E-state index contributed by atoms with van der Waals surface area (Å²) in [6.07, 6.45) is 2.41. The summed E-state index contributed by atoms with van der Waals surface area (Å²) < 4.78 is 43.8. The first-order chi connectivity index (χ1) is 21.0. The van der Waals surface area contributed by atoms with Gasteiger partial charge in [0.05, 0.1) is 0 Å². The third-order valence-electron chi connectivity index (χ3n) is 5.76. The van der Waals surface area contributed by atoms with Crippen LogP contribution >= 0.6 is 15.8 Å². The van der Waals surface area contributed by atoms with E-state index in [1.807, 2.05) is 18.2 Å². The van der Waals surface area contributed by atoms with Gasteiger partial charge < -0.3 is 13.2 Å². The van der Waals surface area contributed by atoms with Crippen LogP contribution in [0.15, 0.2) is 152 Å². The minimum atomic E-state index is -3.08. The Labute approximate surface area is 271 Å². The Kier molecular flexibility index (Phi) is 24.2. The third kappa shape index (κ3) is 16.5. The van der Waals surface area contributed by atoms with Crippen molar-refractivity contribution in [1.82, 2.24) is 0 Å². The van der Waals surface area contributed by atoms with E-state index in [9.17, 15) is 13.2 Å². The van der Waals surface area contributed by atoms with Gasteiger partial charge in [0, 0.05) is 16.8 Å². The van der Waals surface area contributed by atoms with Gasteiger partial charge in [0.1, 0.15) is 0 Å². The third-order valence-corrected chi connectivity index (χ3v) is 11.1. The number of rotatable bonds is 7. The Morgan fingerprint density at radius 2 is 0.636 bits per heavy atom. The minimum Gasteiger partial charge on any atom is -0.0622 e. The molecule has 0 heterocycles. The monoisotopic (exact) mass is 674 g/mol. The first-order valence-corrected chi connectivity index (χ1v) is 16.1. The van der Waals surface area contributed by atoms with Crippen LogP contribution in [0.4, 0.5) is 13.2 Å². The first kappa shape index (κ1) is 40.7. The molecule has 0 bridgehead atoms. The Bertz CT molecular complexity index is 1220. The summed E-state index contributed by atoms with van der Waals surface area (Å²) in [5.74, 6) is 0. The number of hydrogen-bond donors (Lipinski definition) is 0. The summed E-state index contributed by atoms with van der Waals surface area (Å²) in [5.41, 5.74) is 1.32. The van der Waals surface area contributed by atoms with Crippen LogP contribution in [0.5, 0.6) is 0 Å². The van der Waals surface area contributed by atoms with Crippen molar-refractivity contribution in [2.45, 2.75) is 6.92 Å². The van der Waals surface area contributed by atoms with Crippen LogP contribution in [0.2, 0.25) is 0 Å². The van der Waals surface area contributed by atoms with Gasteiger partial charge in [-0.1, -0.05) is 157 Å². The zero-order chi connectivity index (χ0) is 31.7. The molecule has 0 aliphatic rings. The average Bonchev–Trinajstić information content (AvgIpc) is 3.07. The molecule has 1 radical (unpaired) electrons. The van der Waals surface area contributed by atoms with E-state index < -0.39 is 6.68 Å². The van der Waals surface area contributed by atoms with E-state index in [4.69, 9.17) is 9.30 Å². The summed E-state index contributed by atoms with van der Waals surface area (Å²) in [5, 5.41) is 5.89. The van der Waals surface area contributed by atoms with Gasteiger partial charge in [0.15, 0.2) is 6.68 Å². The van der Waals surface area contributed by atoms with Gasteiger partial charge >= 0.3 is 22.6 Å². The van der Waals surface area contributed by atoms with Crippen molar-refractivity contribution in [2.75, 3.05) is 12.3 Å². The van der Waals surface area contributed by atoms with Crippen molar-refractivity contribution in [3.63, 3.8) is 0 Å². The molecule has 5 rings (SSSR count). The van der Waals surface area contributed by atoms with Crippen molar-refractivity contribution in [2.24, 2.45) is 0 Å². The molecule has 0 spiro atoms. The van der Waals surface area contributed by atoms with Gasteiger partial charge in [-0.2, -0.15) is 0 Å². The zero-order valence-electron chi connectivity index (χ0n) is 24.0. The molecule has 0 unspecified atom stereocenters. The van der Waals surface area contributed by atoms with Crippen LogP contribution < -0.4 is 21.2 Å². The Morgan fingerprint density at radius 1 is 0.455 bits per heavy atom. The number of aryl methyl sites for hydroxylation is 1. The van der Waals surface area contributed by atoms with E-state index in [0.29, 0.717) is 0 Å². The molecule has 0 saturated heterocycles. The van der Waals surface area contributed by atoms with E-state index in [1.54, 1.807) is 0 Å². The molecule has 0 aromatic heterocycles. The van der Waals surface area contributed by atoms with Gasteiger partial charge in [-0.3, -0.25) is 0 Å². The van der Waals surface area contributed by atoms with Crippen molar-refractivity contribution in [3.05, 3.63) is 177 Å². The fraction of sp³-hybridized carbons (Fsp3) is 0.0833. The Hall–Kier alpha value is -3.26. The van der Waals surface area contributed by atoms with Crippen LogP contribution in [0.3, 0.4) is 0 Å². The predicted molar refractivity (Wildman–Crippen MR) is 173 cm³/mol. The van der Waals surface area contributed by atoms with E-state index in [2.05, 4.69) is 154 Å². The van der Waals surface area contributed by atoms with Crippen molar-refractivity contribution in [3.8, 4) is 0 Å². The topological polar surface area (TPSA) is 39.8 Å². The van der Waals surface area contributed by atoms with E-state index >= 15 is 0 Å². The van der Waals surface area contributed by atoms with Gasteiger partial charge in [-0.05, 0) is 56.3 Å². The summed E-state index contributed by atoms with van der Waals surface area (Å²) in [6, 6.07) is 54.5. The Morgan fingerprint density at radius 3 is 0.795 bits per heavy atom. The van der Waals surface area contributed by atoms with Crippen LogP contribution in [0.1, 0.15) is 5.56 Å². The second kappa shape index (κ2) is 26.2. The SMILES string of the molecule is Cc1ccccc1.F[C-](F)F.[C-]#[O+].[C-]#[O+].[Co].c1ccc(P(CCP(c2ccccc2)c2ccccc2)c2ccccc2)cc1. The molecule has 44 heavy (non-hydrogen) atoms. The molecule has 0 aliphatic heterocycles. The van der Waals surface area contributed by atoms with Crippen molar-refractivity contribution in [1.29, 1.82) is 0 Å². The first-order valence-electron chi connectivity index (χ1n) is 13.1. The van der Waals surface area contributed by atoms with Crippen LogP contribution in [-0.4, -0.2) is 12.3 Å². The zero-order valence-corrected chi connectivity index (χ0v) is 26.9. The summed E-state index contributed by atoms with van der Waals surface area (Å²) >= 11 is 0. The fourth-order valence-corrected chi connectivity index (χ4v) is 9.34. The number of halogens is 3. The molecular formula is C36H32CoF3O2P2-. The van der Waals surface area contributed by atoms with E-state index in [-0.39, 0.29) is 32.6 Å². The quantitative estimate of drug-likeness (QED) is 0.0944. The molecule has 0 fully saturated rings. The molecule has 5 aromatic rings. The van der Waals surface area contributed by atoms with Gasteiger partial charge in [-0.15, -0.1) is 0 Å². The van der Waals surface area contributed by atoms with Crippen LogP contribution in [0.25, 0.3) is 0 Å². The van der Waals surface area contributed by atoms with Gasteiger partial charge in [0.25, 0.3) is 0 Å². The molecule has 8 heteroatoms. The fourth-order valence-electron chi connectivity index (χ4n) is 3.98. The second-order valence-electron chi connectivity index (χ2n) is 8.51. The van der Waals surface area contributed by atoms with Gasteiger partial charge in [0.2, 0.25) is 0 Å². The van der Waals surface area contributed by atoms with Crippen LogP contribution in [0, 0.1) is 26.9 Å². The minimum absolute atomic E-state index is 0. The average molecular weight is 675 g/mol. The molecule has 5 aromatic carbocycles. The Balaban J connectivity index is 0.000000967. The predicted octanol–water partition coefficient (Wildman–Crippen LogP) is 8.51. The molecular weight excluding hydrogens is 642 g/mol. The second-order valence-corrected chi connectivity index (χ2v) is 13.2. The maximum Gasteiger partial charge on any atom is 0 e. The normalized spacial score (nSPS) is 9.34. The molecule has 0 aliphatic carbocycles. The van der Waals surface area contributed by atoms with Gasteiger partial charge in [-0.25, -0.2) is 0 Å². The van der Waals surface area contributed by atoms with Crippen LogP contribution in [-0.2, 0) is 26.1 Å². The maximum absolute atomic E-state index is 9.58. The van der Waals surface area contributed by atoms with Crippen molar-refractivity contribution >= 4 is 37.1 Å². The largest absolute Gasteiger partial charge is 0.0622 e. The summed E-state index contributed by atoms with van der Waals surface area (Å²) in [4.78, 5) is 0. The molecule has 0 amide bonds. The summed E-state index contributed by atoms with van der Waals surface area (Å²) in [7, 11) is -0.696. The number of benzene rings is 5. The standard InChI is InChI=1S/C26H24P2.C7H8.CF3.2CO.Co/c1-5-13-23(14-6-1)27(24-15-7-2-8-16-24)21-22-28(25-17-9-3-10-18-25)26-19-11-4-12-20-26;1-7-5-3-2-4-6-7;2-1(3)4;2*1-2;/h1-20H,21-22H2;2-6H,1H3;;;;/q;;-1;;;. The van der Waals surface area contributed by atoms with Crippen molar-refractivity contribution < 1.29 is 39.3 Å². The molecule has 0 N–H and O–H groups in total. The number of hydrogen-bond acceptors (Lipinski definition) is 0. The molecule has 2 nitrogen and oxygen atoms in total. The molecule has 0 saturated carbocycles.